The van der Waals surface area contributed by atoms with E-state index in [1.807, 2.05) is 42.5 Å². The lowest BCUT2D eigenvalue weighted by atomic mass is 10.0. The van der Waals surface area contributed by atoms with Crippen LogP contribution in [-0.4, -0.2) is 18.0 Å². The molecule has 0 atom stereocenters. The molecule has 134 valence electrons. The Morgan fingerprint density at radius 1 is 1.00 bits per heavy atom. The van der Waals surface area contributed by atoms with Crippen molar-refractivity contribution in [2.24, 2.45) is 0 Å². The maximum absolute atomic E-state index is 12.6. The number of fused-ring (bicyclic) bond motifs is 1. The highest BCUT2D eigenvalue weighted by Gasteiger charge is 2.14. The smallest absolute Gasteiger partial charge is 0.257 e. The molecule has 0 aliphatic rings. The molecule has 0 aliphatic heterocycles. The third-order valence-electron chi connectivity index (χ3n) is 4.15. The fourth-order valence-electron chi connectivity index (χ4n) is 2.78. The van der Waals surface area contributed by atoms with Gasteiger partial charge < -0.3 is 4.74 Å². The SMILES string of the molecule is COc1ccc(Cl)c2sc(NC(=O)c3ccc(-c4ccccc4)cc3)nc12. The van der Waals surface area contributed by atoms with E-state index in [1.54, 1.807) is 31.4 Å². The van der Waals surface area contributed by atoms with Crippen LogP contribution in [0, 0.1) is 0 Å². The van der Waals surface area contributed by atoms with Crippen LogP contribution in [0.3, 0.4) is 0 Å². The normalized spacial score (nSPS) is 10.7. The number of thiazole rings is 1. The van der Waals surface area contributed by atoms with Crippen molar-refractivity contribution in [3.8, 4) is 16.9 Å². The zero-order valence-corrected chi connectivity index (χ0v) is 16.0. The molecule has 0 spiro atoms. The molecule has 0 bridgehead atoms. The van der Waals surface area contributed by atoms with Crippen LogP contribution < -0.4 is 10.1 Å². The number of benzene rings is 3. The minimum Gasteiger partial charge on any atom is -0.494 e. The molecule has 1 N–H and O–H groups in total. The number of nitrogens with one attached hydrogen (secondary N) is 1. The Balaban J connectivity index is 1.57. The molecule has 0 radical (unpaired) electrons. The first-order chi connectivity index (χ1) is 13.2. The van der Waals surface area contributed by atoms with Gasteiger partial charge in [0.2, 0.25) is 0 Å². The molecular formula is C21H15ClN2O2S. The van der Waals surface area contributed by atoms with Crippen LogP contribution in [0.25, 0.3) is 21.3 Å². The highest BCUT2D eigenvalue weighted by molar-refractivity contribution is 7.23. The standard InChI is InChI=1S/C21H15ClN2O2S/c1-26-17-12-11-16(22)19-18(17)23-21(27-19)24-20(25)15-9-7-14(8-10-15)13-5-3-2-4-6-13/h2-12H,1H3,(H,23,24,25). The Morgan fingerprint density at radius 2 is 1.70 bits per heavy atom. The molecule has 4 aromatic rings. The number of rotatable bonds is 4. The summed E-state index contributed by atoms with van der Waals surface area (Å²) < 4.78 is 6.10. The molecule has 4 nitrogen and oxygen atoms in total. The average Bonchev–Trinajstić information content (AvgIpc) is 3.14. The van der Waals surface area contributed by atoms with Crippen LogP contribution in [0.4, 0.5) is 5.13 Å². The van der Waals surface area contributed by atoms with E-state index in [0.29, 0.717) is 27.0 Å². The van der Waals surface area contributed by atoms with Crippen molar-refractivity contribution in [2.45, 2.75) is 0 Å². The second-order valence-corrected chi connectivity index (χ2v) is 7.25. The molecule has 0 fully saturated rings. The highest BCUT2D eigenvalue weighted by atomic mass is 35.5. The van der Waals surface area contributed by atoms with E-state index in [0.717, 1.165) is 15.8 Å². The Hall–Kier alpha value is -2.89. The topological polar surface area (TPSA) is 51.2 Å². The largest absolute Gasteiger partial charge is 0.494 e. The monoisotopic (exact) mass is 394 g/mol. The van der Waals surface area contributed by atoms with Gasteiger partial charge in [0.05, 0.1) is 16.8 Å². The van der Waals surface area contributed by atoms with Crippen molar-refractivity contribution < 1.29 is 9.53 Å². The van der Waals surface area contributed by atoms with E-state index in [2.05, 4.69) is 10.3 Å². The van der Waals surface area contributed by atoms with E-state index in [1.165, 1.54) is 11.3 Å². The number of methoxy groups -OCH3 is 1. The molecule has 3 aromatic carbocycles. The maximum atomic E-state index is 12.6. The summed E-state index contributed by atoms with van der Waals surface area (Å²) in [6.45, 7) is 0. The van der Waals surface area contributed by atoms with Crippen LogP contribution in [0.2, 0.25) is 5.02 Å². The molecular weight excluding hydrogens is 380 g/mol. The quantitative estimate of drug-likeness (QED) is 0.470. The lowest BCUT2D eigenvalue weighted by Gasteiger charge is -2.04. The van der Waals surface area contributed by atoms with E-state index in [9.17, 15) is 4.79 Å². The molecule has 4 rings (SSSR count). The van der Waals surface area contributed by atoms with Gasteiger partial charge in [0, 0.05) is 5.56 Å². The summed E-state index contributed by atoms with van der Waals surface area (Å²) in [4.78, 5) is 17.0. The summed E-state index contributed by atoms with van der Waals surface area (Å²) >= 11 is 7.55. The second kappa shape index (κ2) is 7.39. The summed E-state index contributed by atoms with van der Waals surface area (Å²) in [6, 6.07) is 21.0. The van der Waals surface area contributed by atoms with E-state index in [-0.39, 0.29) is 5.91 Å². The van der Waals surface area contributed by atoms with E-state index >= 15 is 0 Å². The Kier molecular flexibility index (Phi) is 4.79. The molecule has 27 heavy (non-hydrogen) atoms. The number of amides is 1. The predicted octanol–water partition coefficient (Wildman–Crippen LogP) is 5.88. The zero-order valence-electron chi connectivity index (χ0n) is 14.4. The average molecular weight is 395 g/mol. The summed E-state index contributed by atoms with van der Waals surface area (Å²) in [6.07, 6.45) is 0. The minimum absolute atomic E-state index is 0.219. The molecule has 0 aliphatic carbocycles. The molecule has 1 amide bonds. The van der Waals surface area contributed by atoms with Crippen LogP contribution in [0.1, 0.15) is 10.4 Å². The van der Waals surface area contributed by atoms with Crippen LogP contribution >= 0.6 is 22.9 Å². The Bertz CT molecular complexity index is 1110. The maximum Gasteiger partial charge on any atom is 0.257 e. The van der Waals surface area contributed by atoms with Gasteiger partial charge in [0.15, 0.2) is 5.13 Å². The van der Waals surface area contributed by atoms with Crippen molar-refractivity contribution in [2.75, 3.05) is 12.4 Å². The van der Waals surface area contributed by atoms with Gasteiger partial charge in [-0.15, -0.1) is 0 Å². The molecule has 1 aromatic heterocycles. The van der Waals surface area contributed by atoms with Crippen molar-refractivity contribution in [3.05, 3.63) is 77.3 Å². The lowest BCUT2D eigenvalue weighted by molar-refractivity contribution is 0.102. The van der Waals surface area contributed by atoms with Gasteiger partial charge in [0.25, 0.3) is 5.91 Å². The van der Waals surface area contributed by atoms with Crippen LogP contribution in [0.15, 0.2) is 66.7 Å². The highest BCUT2D eigenvalue weighted by Crippen LogP contribution is 2.37. The first kappa shape index (κ1) is 17.5. The fraction of sp³-hybridized carbons (Fsp3) is 0.0476. The zero-order chi connectivity index (χ0) is 18.8. The molecule has 6 heteroatoms. The van der Waals surface area contributed by atoms with Crippen molar-refractivity contribution >= 4 is 44.2 Å². The number of halogens is 1. The molecule has 0 saturated carbocycles. The molecule has 0 saturated heterocycles. The number of carbonyl (C=O) groups is 1. The first-order valence-electron chi connectivity index (χ1n) is 8.25. The number of nitrogens with zero attached hydrogens (tertiary/aromatic N) is 1. The van der Waals surface area contributed by atoms with Gasteiger partial charge >= 0.3 is 0 Å². The first-order valence-corrected chi connectivity index (χ1v) is 9.45. The number of hydrogen-bond acceptors (Lipinski definition) is 4. The van der Waals surface area contributed by atoms with Crippen LogP contribution in [-0.2, 0) is 0 Å². The Labute approximate surface area is 165 Å². The molecule has 0 unspecified atom stereocenters. The summed E-state index contributed by atoms with van der Waals surface area (Å²) in [5, 5.41) is 3.90. The third-order valence-corrected chi connectivity index (χ3v) is 5.58. The Morgan fingerprint density at radius 3 is 2.41 bits per heavy atom. The van der Waals surface area contributed by atoms with Crippen LogP contribution in [0.5, 0.6) is 5.75 Å². The van der Waals surface area contributed by atoms with E-state index < -0.39 is 0 Å². The number of ether oxygens (including phenoxy) is 1. The van der Waals surface area contributed by atoms with Crippen molar-refractivity contribution in [3.63, 3.8) is 0 Å². The minimum atomic E-state index is -0.219. The summed E-state index contributed by atoms with van der Waals surface area (Å²) in [5.74, 6) is 0.405. The van der Waals surface area contributed by atoms with Gasteiger partial charge in [-0.1, -0.05) is 65.4 Å². The van der Waals surface area contributed by atoms with Crippen molar-refractivity contribution in [1.29, 1.82) is 0 Å². The van der Waals surface area contributed by atoms with Gasteiger partial charge in [-0.05, 0) is 35.4 Å². The number of carbonyl (C=O) groups excluding carboxylic acids is 1. The number of aromatic nitrogens is 1. The van der Waals surface area contributed by atoms with Gasteiger partial charge in [-0.2, -0.15) is 0 Å². The van der Waals surface area contributed by atoms with Gasteiger partial charge in [-0.25, -0.2) is 4.98 Å². The molecule has 1 heterocycles. The van der Waals surface area contributed by atoms with Gasteiger partial charge in [-0.3, -0.25) is 10.1 Å². The third kappa shape index (κ3) is 3.52. The lowest BCUT2D eigenvalue weighted by Crippen LogP contribution is -2.11. The predicted molar refractivity (Wildman–Crippen MR) is 111 cm³/mol. The fourth-order valence-corrected chi connectivity index (χ4v) is 3.94. The summed E-state index contributed by atoms with van der Waals surface area (Å²) in [7, 11) is 1.58. The van der Waals surface area contributed by atoms with E-state index in [4.69, 9.17) is 16.3 Å². The van der Waals surface area contributed by atoms with Crippen molar-refractivity contribution in [1.82, 2.24) is 4.98 Å². The van der Waals surface area contributed by atoms with Gasteiger partial charge in [0.1, 0.15) is 11.3 Å². The number of anilines is 1. The second-order valence-electron chi connectivity index (χ2n) is 5.84. The number of hydrogen-bond donors (Lipinski definition) is 1. The summed E-state index contributed by atoms with van der Waals surface area (Å²) in [5.41, 5.74) is 3.37.